The average Bonchev–Trinajstić information content (AvgIpc) is 3.36. The summed E-state index contributed by atoms with van der Waals surface area (Å²) in [5, 5.41) is 16.9. The number of amides is 1. The second-order valence-electron chi connectivity index (χ2n) is 6.56. The van der Waals surface area contributed by atoms with E-state index in [-0.39, 0.29) is 22.2 Å². The van der Waals surface area contributed by atoms with Crippen LogP contribution < -0.4 is 5.32 Å². The van der Waals surface area contributed by atoms with Crippen LogP contribution >= 0.6 is 22.7 Å². The van der Waals surface area contributed by atoms with Crippen molar-refractivity contribution >= 4 is 49.4 Å². The first-order valence-electron chi connectivity index (χ1n) is 8.68. The number of aromatic nitrogens is 1. The van der Waals surface area contributed by atoms with Crippen molar-refractivity contribution in [3.8, 4) is 10.6 Å². The zero-order valence-corrected chi connectivity index (χ0v) is 18.7. The Morgan fingerprint density at radius 1 is 1.20 bits per heavy atom. The van der Waals surface area contributed by atoms with E-state index >= 15 is 0 Å². The Labute approximate surface area is 181 Å². The standard InChI is InChI=1S/C18H18N4O5S3/c1-11(2)21(3)30(26,27)14-6-4-12(5-7-14)17(23)20-18-19-15(10-29-18)16-8-13(9-28-16)22(24)25/h4-11H,1-3H3,(H,19,20,23). The van der Waals surface area contributed by atoms with Crippen molar-refractivity contribution in [3.05, 3.63) is 56.8 Å². The van der Waals surface area contributed by atoms with E-state index in [1.54, 1.807) is 19.2 Å². The highest BCUT2D eigenvalue weighted by Crippen LogP contribution is 2.33. The van der Waals surface area contributed by atoms with Crippen LogP contribution in [0.4, 0.5) is 10.8 Å². The summed E-state index contributed by atoms with van der Waals surface area (Å²) in [5.74, 6) is -0.436. The van der Waals surface area contributed by atoms with E-state index in [1.165, 1.54) is 69.7 Å². The highest BCUT2D eigenvalue weighted by Gasteiger charge is 2.23. The van der Waals surface area contributed by atoms with Crippen molar-refractivity contribution < 1.29 is 18.1 Å². The number of hydrogen-bond donors (Lipinski definition) is 1. The minimum absolute atomic E-state index is 0.00765. The van der Waals surface area contributed by atoms with Gasteiger partial charge >= 0.3 is 0 Å². The molecule has 9 nitrogen and oxygen atoms in total. The second kappa shape index (κ2) is 8.60. The van der Waals surface area contributed by atoms with E-state index in [2.05, 4.69) is 10.3 Å². The number of benzene rings is 1. The molecule has 1 N–H and O–H groups in total. The third-order valence-electron chi connectivity index (χ3n) is 4.29. The van der Waals surface area contributed by atoms with Crippen molar-refractivity contribution in [2.75, 3.05) is 12.4 Å². The lowest BCUT2D eigenvalue weighted by Gasteiger charge is -2.20. The van der Waals surface area contributed by atoms with Crippen molar-refractivity contribution in [2.24, 2.45) is 0 Å². The molecular formula is C18H18N4O5S3. The van der Waals surface area contributed by atoms with Crippen molar-refractivity contribution in [2.45, 2.75) is 24.8 Å². The fourth-order valence-electron chi connectivity index (χ4n) is 2.39. The summed E-state index contributed by atoms with van der Waals surface area (Å²) in [5.41, 5.74) is 0.808. The van der Waals surface area contributed by atoms with E-state index in [9.17, 15) is 23.3 Å². The van der Waals surface area contributed by atoms with Crippen LogP contribution in [0.25, 0.3) is 10.6 Å². The number of thiophene rings is 1. The van der Waals surface area contributed by atoms with Gasteiger partial charge in [0, 0.05) is 30.1 Å². The van der Waals surface area contributed by atoms with Gasteiger partial charge in [-0.1, -0.05) is 0 Å². The molecule has 2 aromatic heterocycles. The lowest BCUT2D eigenvalue weighted by molar-refractivity contribution is -0.384. The molecule has 0 aliphatic rings. The molecule has 3 aromatic rings. The summed E-state index contributed by atoms with van der Waals surface area (Å²) in [4.78, 5) is 27.8. The van der Waals surface area contributed by atoms with Gasteiger partial charge in [0.25, 0.3) is 11.6 Å². The first-order chi connectivity index (χ1) is 14.1. The number of nitrogens with one attached hydrogen (secondary N) is 1. The molecule has 1 amide bonds. The lowest BCUT2D eigenvalue weighted by Crippen LogP contribution is -2.33. The molecule has 0 unspecified atom stereocenters. The Kier molecular flexibility index (Phi) is 6.31. The highest BCUT2D eigenvalue weighted by atomic mass is 32.2. The number of nitro groups is 1. The Morgan fingerprint density at radius 2 is 1.87 bits per heavy atom. The summed E-state index contributed by atoms with van der Waals surface area (Å²) in [6, 6.07) is 6.89. The van der Waals surface area contributed by atoms with Crippen LogP contribution in [0.5, 0.6) is 0 Å². The summed E-state index contributed by atoms with van der Waals surface area (Å²) < 4.78 is 26.3. The third-order valence-corrected chi connectivity index (χ3v) is 8.04. The van der Waals surface area contributed by atoms with Crippen molar-refractivity contribution in [1.29, 1.82) is 0 Å². The zero-order chi connectivity index (χ0) is 22.1. The Bertz CT molecular complexity index is 1180. The number of sulfonamides is 1. The Morgan fingerprint density at radius 3 is 2.43 bits per heavy atom. The number of thiazole rings is 1. The monoisotopic (exact) mass is 466 g/mol. The van der Waals surface area contributed by atoms with Gasteiger partial charge in [-0.05, 0) is 38.1 Å². The van der Waals surface area contributed by atoms with Gasteiger partial charge < -0.3 is 0 Å². The Balaban J connectivity index is 1.72. The normalized spacial score (nSPS) is 11.8. The van der Waals surface area contributed by atoms with E-state index in [0.717, 1.165) is 0 Å². The zero-order valence-electron chi connectivity index (χ0n) is 16.2. The van der Waals surface area contributed by atoms with E-state index in [0.29, 0.717) is 15.7 Å². The van der Waals surface area contributed by atoms with Crippen LogP contribution in [-0.2, 0) is 10.0 Å². The minimum atomic E-state index is -3.63. The fourth-order valence-corrected chi connectivity index (χ4v) is 5.36. The summed E-state index contributed by atoms with van der Waals surface area (Å²) >= 11 is 2.39. The molecule has 0 radical (unpaired) electrons. The number of hydrogen-bond acceptors (Lipinski definition) is 8. The van der Waals surface area contributed by atoms with Crippen molar-refractivity contribution in [3.63, 3.8) is 0 Å². The molecule has 0 saturated carbocycles. The average molecular weight is 467 g/mol. The van der Waals surface area contributed by atoms with E-state index < -0.39 is 20.9 Å². The first kappa shape index (κ1) is 22.0. The summed E-state index contributed by atoms with van der Waals surface area (Å²) in [6.07, 6.45) is 0. The summed E-state index contributed by atoms with van der Waals surface area (Å²) in [7, 11) is -2.12. The molecule has 158 valence electrons. The van der Waals surface area contributed by atoms with Crippen LogP contribution in [0.15, 0.2) is 46.0 Å². The molecule has 30 heavy (non-hydrogen) atoms. The van der Waals surface area contributed by atoms with Gasteiger partial charge in [0.1, 0.15) is 0 Å². The molecule has 0 aliphatic heterocycles. The fraction of sp³-hybridized carbons (Fsp3) is 0.222. The topological polar surface area (TPSA) is 123 Å². The van der Waals surface area contributed by atoms with Gasteiger partial charge in [0.15, 0.2) is 5.13 Å². The molecule has 3 rings (SSSR count). The number of carbonyl (C=O) groups is 1. The van der Waals surface area contributed by atoms with Crippen LogP contribution in [0.2, 0.25) is 0 Å². The molecule has 0 spiro atoms. The molecule has 12 heteroatoms. The molecule has 0 aliphatic carbocycles. The predicted octanol–water partition coefficient (Wildman–Crippen LogP) is 4.06. The van der Waals surface area contributed by atoms with Gasteiger partial charge in [0.05, 0.1) is 25.8 Å². The molecule has 0 saturated heterocycles. The largest absolute Gasteiger partial charge is 0.298 e. The summed E-state index contributed by atoms with van der Waals surface area (Å²) in [6.45, 7) is 3.55. The van der Waals surface area contributed by atoms with E-state index in [1.807, 2.05) is 0 Å². The number of carbonyl (C=O) groups excluding carboxylic acids is 1. The second-order valence-corrected chi connectivity index (χ2v) is 10.3. The number of rotatable bonds is 7. The molecular weight excluding hydrogens is 448 g/mol. The third kappa shape index (κ3) is 4.56. The molecule has 0 bridgehead atoms. The highest BCUT2D eigenvalue weighted by molar-refractivity contribution is 7.89. The molecule has 2 heterocycles. The minimum Gasteiger partial charge on any atom is -0.298 e. The van der Waals surface area contributed by atoms with Gasteiger partial charge in [-0.15, -0.1) is 22.7 Å². The maximum Gasteiger partial charge on any atom is 0.280 e. The van der Waals surface area contributed by atoms with Crippen molar-refractivity contribution in [1.82, 2.24) is 9.29 Å². The van der Waals surface area contributed by atoms with Crippen LogP contribution in [0, 0.1) is 10.1 Å². The predicted molar refractivity (Wildman–Crippen MR) is 117 cm³/mol. The van der Waals surface area contributed by atoms with Crippen LogP contribution in [0.3, 0.4) is 0 Å². The van der Waals surface area contributed by atoms with Gasteiger partial charge in [-0.3, -0.25) is 20.2 Å². The van der Waals surface area contributed by atoms with Gasteiger partial charge in [-0.25, -0.2) is 13.4 Å². The van der Waals surface area contributed by atoms with Crippen LogP contribution in [0.1, 0.15) is 24.2 Å². The van der Waals surface area contributed by atoms with Gasteiger partial charge in [-0.2, -0.15) is 4.31 Å². The maximum atomic E-state index is 12.5. The quantitative estimate of drug-likeness (QED) is 0.414. The molecule has 1 aromatic carbocycles. The van der Waals surface area contributed by atoms with Crippen LogP contribution in [-0.4, -0.2) is 41.6 Å². The first-order valence-corrected chi connectivity index (χ1v) is 11.9. The maximum absolute atomic E-state index is 12.5. The number of anilines is 1. The molecule has 0 atom stereocenters. The smallest absolute Gasteiger partial charge is 0.280 e. The SMILES string of the molecule is CC(C)N(C)S(=O)(=O)c1ccc(C(=O)Nc2nc(-c3cc([N+](=O)[O-])cs3)cs2)cc1. The Hall–Kier alpha value is -2.67. The van der Waals surface area contributed by atoms with E-state index in [4.69, 9.17) is 0 Å². The van der Waals surface area contributed by atoms with Gasteiger partial charge in [0.2, 0.25) is 10.0 Å². The number of nitrogens with zero attached hydrogens (tertiary/aromatic N) is 3. The lowest BCUT2D eigenvalue weighted by atomic mass is 10.2. The molecule has 0 fully saturated rings.